The summed E-state index contributed by atoms with van der Waals surface area (Å²) in [6, 6.07) is 0. The second kappa shape index (κ2) is 2.43. The number of hydrogen-bond acceptors (Lipinski definition) is 5. The van der Waals surface area contributed by atoms with Crippen molar-refractivity contribution in [1.82, 2.24) is 15.5 Å². The third-order valence-corrected chi connectivity index (χ3v) is 2.24. The molecule has 0 spiro atoms. The van der Waals surface area contributed by atoms with Crippen molar-refractivity contribution in [2.75, 3.05) is 0 Å². The second-order valence-corrected chi connectivity index (χ2v) is 3.00. The molecule has 2 unspecified atom stereocenters. The normalized spacial score (nSPS) is 33.8. The highest BCUT2D eigenvalue weighted by Gasteiger charge is 2.35. The molecule has 2 atom stereocenters. The van der Waals surface area contributed by atoms with Gasteiger partial charge in [-0.25, -0.2) is 0 Å². The standard InChI is InChI=1S/C8H9N5/c1-2-10-8-12-7-6(13(8)3-1)4-9-5-11-7/h1-5,7-8,12H,(H,9,11). The molecule has 1 fully saturated rings. The Balaban J connectivity index is 1.99. The summed E-state index contributed by atoms with van der Waals surface area (Å²) >= 11 is 0. The molecule has 3 rings (SSSR count). The monoisotopic (exact) mass is 175 g/mol. The van der Waals surface area contributed by atoms with Gasteiger partial charge < -0.3 is 10.2 Å². The van der Waals surface area contributed by atoms with Gasteiger partial charge >= 0.3 is 0 Å². The Labute approximate surface area is 75.5 Å². The van der Waals surface area contributed by atoms with E-state index in [-0.39, 0.29) is 12.5 Å². The first-order chi connectivity index (χ1) is 6.45. The highest BCUT2D eigenvalue weighted by atomic mass is 15.5. The lowest BCUT2D eigenvalue weighted by molar-refractivity contribution is 0.370. The lowest BCUT2D eigenvalue weighted by atomic mass is 10.3. The van der Waals surface area contributed by atoms with Crippen molar-refractivity contribution in [3.8, 4) is 0 Å². The number of nitrogens with zero attached hydrogens (tertiary/aromatic N) is 3. The first-order valence-electron chi connectivity index (χ1n) is 4.17. The van der Waals surface area contributed by atoms with Crippen LogP contribution in [-0.4, -0.2) is 29.9 Å². The summed E-state index contributed by atoms with van der Waals surface area (Å²) in [5.41, 5.74) is 1.11. The third kappa shape index (κ3) is 0.905. The quantitative estimate of drug-likeness (QED) is 0.525. The van der Waals surface area contributed by atoms with Crippen molar-refractivity contribution in [3.63, 3.8) is 0 Å². The van der Waals surface area contributed by atoms with Crippen LogP contribution in [0, 0.1) is 0 Å². The van der Waals surface area contributed by atoms with E-state index < -0.39 is 0 Å². The first kappa shape index (κ1) is 6.85. The summed E-state index contributed by atoms with van der Waals surface area (Å²) < 4.78 is 0. The van der Waals surface area contributed by atoms with E-state index >= 15 is 0 Å². The van der Waals surface area contributed by atoms with Crippen LogP contribution in [0.2, 0.25) is 0 Å². The molecule has 5 nitrogen and oxygen atoms in total. The van der Waals surface area contributed by atoms with Crippen molar-refractivity contribution in [3.05, 3.63) is 24.2 Å². The number of rotatable bonds is 0. The summed E-state index contributed by atoms with van der Waals surface area (Å²) in [5.74, 6) is 0. The maximum Gasteiger partial charge on any atom is 0.181 e. The molecule has 0 aromatic carbocycles. The van der Waals surface area contributed by atoms with Crippen molar-refractivity contribution in [2.45, 2.75) is 12.5 Å². The Morgan fingerprint density at radius 1 is 1.38 bits per heavy atom. The van der Waals surface area contributed by atoms with Gasteiger partial charge in [-0.1, -0.05) is 0 Å². The maximum absolute atomic E-state index is 4.28. The lowest BCUT2D eigenvalue weighted by Crippen LogP contribution is -2.33. The largest absolute Gasteiger partial charge is 0.351 e. The molecule has 0 bridgehead atoms. The Hall–Kier alpha value is -1.62. The molecule has 0 aliphatic carbocycles. The Kier molecular flexibility index (Phi) is 1.28. The molecule has 66 valence electrons. The summed E-state index contributed by atoms with van der Waals surface area (Å²) in [7, 11) is 0. The van der Waals surface area contributed by atoms with Crippen molar-refractivity contribution < 1.29 is 0 Å². The van der Waals surface area contributed by atoms with Crippen LogP contribution in [0.25, 0.3) is 0 Å². The molecule has 13 heavy (non-hydrogen) atoms. The number of fused-ring (bicyclic) bond motifs is 3. The van der Waals surface area contributed by atoms with E-state index in [9.17, 15) is 0 Å². The van der Waals surface area contributed by atoms with Crippen LogP contribution in [0.4, 0.5) is 0 Å². The van der Waals surface area contributed by atoms with Crippen LogP contribution >= 0.6 is 0 Å². The van der Waals surface area contributed by atoms with Crippen LogP contribution in [0.5, 0.6) is 0 Å². The maximum atomic E-state index is 4.28. The molecule has 0 aromatic heterocycles. The van der Waals surface area contributed by atoms with Crippen LogP contribution in [0.1, 0.15) is 0 Å². The highest BCUT2D eigenvalue weighted by molar-refractivity contribution is 5.72. The summed E-state index contributed by atoms with van der Waals surface area (Å²) in [6.07, 6.45) is 9.40. The third-order valence-electron chi connectivity index (χ3n) is 2.24. The van der Waals surface area contributed by atoms with Gasteiger partial charge in [0.05, 0.1) is 12.0 Å². The van der Waals surface area contributed by atoms with Crippen LogP contribution in [0.15, 0.2) is 34.2 Å². The highest BCUT2D eigenvalue weighted by Crippen LogP contribution is 2.24. The first-order valence-corrected chi connectivity index (χ1v) is 4.17. The zero-order valence-electron chi connectivity index (χ0n) is 6.88. The molecule has 0 saturated carbocycles. The van der Waals surface area contributed by atoms with E-state index in [1.807, 2.05) is 18.5 Å². The van der Waals surface area contributed by atoms with Gasteiger partial charge in [-0.05, 0) is 6.08 Å². The molecule has 0 aromatic rings. The zero-order valence-corrected chi connectivity index (χ0v) is 6.88. The van der Waals surface area contributed by atoms with Crippen molar-refractivity contribution in [1.29, 1.82) is 0 Å². The van der Waals surface area contributed by atoms with E-state index in [0.29, 0.717) is 0 Å². The fourth-order valence-electron chi connectivity index (χ4n) is 1.65. The number of hydrogen-bond donors (Lipinski definition) is 2. The summed E-state index contributed by atoms with van der Waals surface area (Å²) in [5, 5.41) is 6.23. The minimum atomic E-state index is 0.0123. The van der Waals surface area contributed by atoms with Crippen molar-refractivity contribution in [2.24, 2.45) is 9.98 Å². The Morgan fingerprint density at radius 3 is 3.38 bits per heavy atom. The summed E-state index contributed by atoms with van der Waals surface area (Å²) in [4.78, 5) is 10.6. The molecule has 0 amide bonds. The number of aliphatic imine (C=N–C) groups is 2. The predicted octanol–water partition coefficient (Wildman–Crippen LogP) is -0.428. The number of nitrogens with one attached hydrogen (secondary N) is 2. The van der Waals surface area contributed by atoms with E-state index in [2.05, 4.69) is 25.5 Å². The molecule has 3 aliphatic rings. The molecule has 3 aliphatic heterocycles. The second-order valence-electron chi connectivity index (χ2n) is 3.00. The SMILES string of the molecule is C1=CN2C3=CNC=NC3NC2N=C1. The molecule has 5 heteroatoms. The van der Waals surface area contributed by atoms with Crippen molar-refractivity contribution >= 4 is 12.6 Å². The van der Waals surface area contributed by atoms with E-state index in [1.165, 1.54) is 0 Å². The van der Waals surface area contributed by atoms with Gasteiger partial charge in [0.2, 0.25) is 0 Å². The van der Waals surface area contributed by atoms with E-state index in [1.54, 1.807) is 12.6 Å². The topological polar surface area (TPSA) is 52.0 Å². The fourth-order valence-corrected chi connectivity index (χ4v) is 1.65. The minimum absolute atomic E-state index is 0.0123. The molecular weight excluding hydrogens is 166 g/mol. The van der Waals surface area contributed by atoms with Crippen LogP contribution in [-0.2, 0) is 0 Å². The average molecular weight is 175 g/mol. The summed E-state index contributed by atoms with van der Waals surface area (Å²) in [6.45, 7) is 0. The van der Waals surface area contributed by atoms with Crippen LogP contribution in [0.3, 0.4) is 0 Å². The van der Waals surface area contributed by atoms with Crippen LogP contribution < -0.4 is 10.6 Å². The zero-order chi connectivity index (χ0) is 8.67. The van der Waals surface area contributed by atoms with Gasteiger partial charge in [-0.3, -0.25) is 15.3 Å². The van der Waals surface area contributed by atoms with Gasteiger partial charge in [0, 0.05) is 18.6 Å². The van der Waals surface area contributed by atoms with Gasteiger partial charge in [0.25, 0.3) is 0 Å². The molecule has 2 N–H and O–H groups in total. The number of allylic oxidation sites excluding steroid dienone is 1. The van der Waals surface area contributed by atoms with Gasteiger partial charge in [-0.2, -0.15) is 0 Å². The Morgan fingerprint density at radius 2 is 2.38 bits per heavy atom. The van der Waals surface area contributed by atoms with Gasteiger partial charge in [0.1, 0.15) is 6.17 Å². The average Bonchev–Trinajstić information content (AvgIpc) is 2.56. The Bertz CT molecular complexity index is 340. The molecule has 3 heterocycles. The molecular formula is C8H9N5. The fraction of sp³-hybridized carbons (Fsp3) is 0.250. The predicted molar refractivity (Wildman–Crippen MR) is 49.9 cm³/mol. The molecule has 0 radical (unpaired) electrons. The van der Waals surface area contributed by atoms with Gasteiger partial charge in [-0.15, -0.1) is 0 Å². The smallest absolute Gasteiger partial charge is 0.181 e. The minimum Gasteiger partial charge on any atom is -0.351 e. The molecule has 1 saturated heterocycles. The van der Waals surface area contributed by atoms with E-state index in [0.717, 1.165) is 5.70 Å². The lowest BCUT2D eigenvalue weighted by Gasteiger charge is -2.21. The van der Waals surface area contributed by atoms with E-state index in [4.69, 9.17) is 0 Å². The van der Waals surface area contributed by atoms with Gasteiger partial charge in [0.15, 0.2) is 6.29 Å².